The fourth-order valence-electron chi connectivity index (χ4n) is 2.56. The molecule has 0 bridgehead atoms. The van der Waals surface area contributed by atoms with Crippen LogP contribution in [0.3, 0.4) is 0 Å². The zero-order valence-corrected chi connectivity index (χ0v) is 13.9. The minimum absolute atomic E-state index is 0.0129. The summed E-state index contributed by atoms with van der Waals surface area (Å²) in [6, 6.07) is 5.20. The van der Waals surface area contributed by atoms with E-state index in [0.717, 1.165) is 17.3 Å². The van der Waals surface area contributed by atoms with Gasteiger partial charge in [-0.1, -0.05) is 11.6 Å². The molecule has 1 heterocycles. The van der Waals surface area contributed by atoms with E-state index >= 15 is 0 Å². The standard InChI is InChI=1S/C15H17BrClNO3/c16-12-3-2-11(9-13(12)17)15(21)18-7-5-10(6-8-18)1-4-14(19)20/h2-3,9-10H,1,4-8H2,(H,19,20). The summed E-state index contributed by atoms with van der Waals surface area (Å²) in [5.41, 5.74) is 0.590. The molecule has 1 aliphatic heterocycles. The van der Waals surface area contributed by atoms with Gasteiger partial charge >= 0.3 is 5.97 Å². The molecule has 6 heteroatoms. The Balaban J connectivity index is 1.90. The van der Waals surface area contributed by atoms with Crippen molar-refractivity contribution in [2.45, 2.75) is 25.7 Å². The summed E-state index contributed by atoms with van der Waals surface area (Å²) >= 11 is 9.32. The van der Waals surface area contributed by atoms with E-state index in [2.05, 4.69) is 15.9 Å². The highest BCUT2D eigenvalue weighted by Gasteiger charge is 2.24. The molecule has 0 unspecified atom stereocenters. The molecule has 1 saturated heterocycles. The van der Waals surface area contributed by atoms with Crippen LogP contribution in [0.2, 0.25) is 5.02 Å². The Morgan fingerprint density at radius 1 is 1.33 bits per heavy atom. The molecule has 21 heavy (non-hydrogen) atoms. The topological polar surface area (TPSA) is 57.6 Å². The molecule has 2 rings (SSSR count). The van der Waals surface area contributed by atoms with Crippen molar-refractivity contribution in [3.05, 3.63) is 33.3 Å². The van der Waals surface area contributed by atoms with Gasteiger partial charge in [0.05, 0.1) is 5.02 Å². The van der Waals surface area contributed by atoms with Crippen molar-refractivity contribution >= 4 is 39.4 Å². The Morgan fingerprint density at radius 2 is 2.00 bits per heavy atom. The average molecular weight is 375 g/mol. The van der Waals surface area contributed by atoms with Crippen LogP contribution in [0.25, 0.3) is 0 Å². The van der Waals surface area contributed by atoms with Gasteiger partial charge in [0.15, 0.2) is 0 Å². The van der Waals surface area contributed by atoms with E-state index in [1.165, 1.54) is 0 Å². The van der Waals surface area contributed by atoms with Crippen LogP contribution in [-0.4, -0.2) is 35.0 Å². The van der Waals surface area contributed by atoms with Gasteiger partial charge in [-0.05, 0) is 59.3 Å². The van der Waals surface area contributed by atoms with Crippen LogP contribution in [0, 0.1) is 5.92 Å². The highest BCUT2D eigenvalue weighted by molar-refractivity contribution is 9.10. The molecule has 0 saturated carbocycles. The molecule has 1 fully saturated rings. The number of carbonyl (C=O) groups excluding carboxylic acids is 1. The van der Waals surface area contributed by atoms with Crippen molar-refractivity contribution < 1.29 is 14.7 Å². The van der Waals surface area contributed by atoms with Crippen LogP contribution in [-0.2, 0) is 4.79 Å². The maximum Gasteiger partial charge on any atom is 0.303 e. The second kappa shape index (κ2) is 7.27. The van der Waals surface area contributed by atoms with E-state index in [1.54, 1.807) is 18.2 Å². The van der Waals surface area contributed by atoms with Crippen LogP contribution in [0.4, 0.5) is 0 Å². The molecule has 0 aromatic heterocycles. The van der Waals surface area contributed by atoms with Gasteiger partial charge in [0.1, 0.15) is 0 Å². The number of amides is 1. The number of halogens is 2. The maximum absolute atomic E-state index is 12.4. The van der Waals surface area contributed by atoms with Crippen molar-refractivity contribution in [3.63, 3.8) is 0 Å². The van der Waals surface area contributed by atoms with E-state index in [-0.39, 0.29) is 12.3 Å². The molecular formula is C15H17BrClNO3. The Labute approximate surface area is 137 Å². The zero-order chi connectivity index (χ0) is 15.4. The van der Waals surface area contributed by atoms with Crippen LogP contribution in [0.15, 0.2) is 22.7 Å². The summed E-state index contributed by atoms with van der Waals surface area (Å²) in [7, 11) is 0. The zero-order valence-electron chi connectivity index (χ0n) is 11.5. The van der Waals surface area contributed by atoms with Gasteiger partial charge in [0.2, 0.25) is 0 Å². The van der Waals surface area contributed by atoms with Crippen molar-refractivity contribution in [2.24, 2.45) is 5.92 Å². The summed E-state index contributed by atoms with van der Waals surface area (Å²) in [5.74, 6) is -0.363. The van der Waals surface area contributed by atoms with E-state index in [1.807, 2.05) is 4.90 Å². The van der Waals surface area contributed by atoms with Gasteiger partial charge in [0, 0.05) is 29.5 Å². The third kappa shape index (κ3) is 4.45. The average Bonchev–Trinajstić information content (AvgIpc) is 2.48. The highest BCUT2D eigenvalue weighted by atomic mass is 79.9. The molecule has 1 aromatic carbocycles. The van der Waals surface area contributed by atoms with E-state index in [9.17, 15) is 9.59 Å². The van der Waals surface area contributed by atoms with E-state index in [0.29, 0.717) is 36.0 Å². The number of benzene rings is 1. The molecule has 0 atom stereocenters. The van der Waals surface area contributed by atoms with Gasteiger partial charge in [-0.15, -0.1) is 0 Å². The molecule has 1 aliphatic rings. The molecular weight excluding hydrogens is 358 g/mol. The summed E-state index contributed by atoms with van der Waals surface area (Å²) in [4.78, 5) is 24.8. The Bertz CT molecular complexity index is 542. The van der Waals surface area contributed by atoms with Crippen LogP contribution in [0.1, 0.15) is 36.0 Å². The molecule has 1 amide bonds. The molecule has 1 N–H and O–H groups in total. The van der Waals surface area contributed by atoms with Crippen molar-refractivity contribution in [1.29, 1.82) is 0 Å². The van der Waals surface area contributed by atoms with Crippen LogP contribution in [0.5, 0.6) is 0 Å². The summed E-state index contributed by atoms with van der Waals surface area (Å²) < 4.78 is 0.771. The maximum atomic E-state index is 12.4. The van der Waals surface area contributed by atoms with Gasteiger partial charge in [0.25, 0.3) is 5.91 Å². The number of aliphatic carboxylic acids is 1. The molecule has 4 nitrogen and oxygen atoms in total. The van der Waals surface area contributed by atoms with Crippen molar-refractivity contribution in [3.8, 4) is 0 Å². The number of rotatable bonds is 4. The molecule has 1 aromatic rings. The smallest absolute Gasteiger partial charge is 0.303 e. The Hall–Kier alpha value is -1.07. The first-order chi connectivity index (χ1) is 9.97. The minimum atomic E-state index is -0.752. The minimum Gasteiger partial charge on any atom is -0.481 e. The highest BCUT2D eigenvalue weighted by Crippen LogP contribution is 2.26. The fourth-order valence-corrected chi connectivity index (χ4v) is 2.99. The number of carboxylic acid groups (broad SMARTS) is 1. The Morgan fingerprint density at radius 3 is 2.57 bits per heavy atom. The SMILES string of the molecule is O=C(O)CCC1CCN(C(=O)c2ccc(Br)c(Cl)c2)CC1. The Kier molecular flexibility index (Phi) is 5.65. The van der Waals surface area contributed by atoms with E-state index in [4.69, 9.17) is 16.7 Å². The molecule has 0 spiro atoms. The predicted octanol–water partition coefficient (Wildman–Crippen LogP) is 3.82. The second-order valence-electron chi connectivity index (χ2n) is 5.30. The summed E-state index contributed by atoms with van der Waals surface area (Å²) in [5, 5.41) is 9.23. The van der Waals surface area contributed by atoms with Gasteiger partial charge in [-0.25, -0.2) is 0 Å². The number of hydrogen-bond acceptors (Lipinski definition) is 2. The van der Waals surface area contributed by atoms with Gasteiger partial charge in [-0.2, -0.15) is 0 Å². The summed E-state index contributed by atoms with van der Waals surface area (Å²) in [6.45, 7) is 1.35. The molecule has 0 radical (unpaired) electrons. The fraction of sp³-hybridized carbons (Fsp3) is 0.467. The van der Waals surface area contributed by atoms with Crippen LogP contribution < -0.4 is 0 Å². The normalized spacial score (nSPS) is 16.0. The largest absolute Gasteiger partial charge is 0.481 e. The number of carboxylic acids is 1. The predicted molar refractivity (Wildman–Crippen MR) is 84.6 cm³/mol. The lowest BCUT2D eigenvalue weighted by atomic mass is 9.92. The molecule has 114 valence electrons. The van der Waals surface area contributed by atoms with Gasteiger partial charge in [-0.3, -0.25) is 9.59 Å². The first-order valence-electron chi connectivity index (χ1n) is 6.93. The second-order valence-corrected chi connectivity index (χ2v) is 6.56. The number of piperidine rings is 1. The van der Waals surface area contributed by atoms with Crippen LogP contribution >= 0.6 is 27.5 Å². The number of carbonyl (C=O) groups is 2. The van der Waals surface area contributed by atoms with Crippen molar-refractivity contribution in [1.82, 2.24) is 4.90 Å². The number of hydrogen-bond donors (Lipinski definition) is 1. The third-order valence-corrected chi connectivity index (χ3v) is 5.07. The lowest BCUT2D eigenvalue weighted by Crippen LogP contribution is -2.38. The quantitative estimate of drug-likeness (QED) is 0.871. The third-order valence-electron chi connectivity index (χ3n) is 3.83. The first-order valence-corrected chi connectivity index (χ1v) is 8.10. The summed E-state index contributed by atoms with van der Waals surface area (Å²) in [6.07, 6.45) is 2.63. The van der Waals surface area contributed by atoms with Crippen molar-refractivity contribution in [2.75, 3.05) is 13.1 Å². The first kappa shape index (κ1) is 16.3. The molecule has 0 aliphatic carbocycles. The number of nitrogens with zero attached hydrogens (tertiary/aromatic N) is 1. The number of likely N-dealkylation sites (tertiary alicyclic amines) is 1. The lowest BCUT2D eigenvalue weighted by molar-refractivity contribution is -0.137. The van der Waals surface area contributed by atoms with Gasteiger partial charge < -0.3 is 10.0 Å². The lowest BCUT2D eigenvalue weighted by Gasteiger charge is -2.32. The van der Waals surface area contributed by atoms with E-state index < -0.39 is 5.97 Å². The monoisotopic (exact) mass is 373 g/mol.